The zero-order valence-electron chi connectivity index (χ0n) is 21.6. The highest BCUT2D eigenvalue weighted by molar-refractivity contribution is 6.03. The zero-order chi connectivity index (χ0) is 26.8. The number of carbonyl (C=O) groups excluding carboxylic acids is 4. The Morgan fingerprint density at radius 1 is 1.00 bits per heavy atom. The number of carbonyl (C=O) groups is 4. The molecule has 2 aromatic carbocycles. The van der Waals surface area contributed by atoms with Gasteiger partial charge in [-0.15, -0.1) is 0 Å². The van der Waals surface area contributed by atoms with Gasteiger partial charge < -0.3 is 9.47 Å². The SMILES string of the molecule is CCOC(=O)C(CCc1ccccc1)NC(C)C(=O)N1C(=O)CN(C)CC1C(=O)OCc1ccccc1. The number of piperazine rings is 1. The van der Waals surface area contributed by atoms with Crippen molar-refractivity contribution >= 4 is 23.8 Å². The standard InChI is InChI=1S/C28H35N3O6/c1-4-36-27(34)23(16-15-21-11-7-5-8-12-21)29-20(2)26(33)31-24(17-30(3)18-25(31)32)28(35)37-19-22-13-9-6-10-14-22/h5-14,20,23-24,29H,4,15-19H2,1-3H3. The van der Waals surface area contributed by atoms with Crippen molar-refractivity contribution in [2.45, 2.75) is 51.4 Å². The smallest absolute Gasteiger partial charge is 0.331 e. The summed E-state index contributed by atoms with van der Waals surface area (Å²) in [5, 5.41) is 3.03. The number of benzene rings is 2. The van der Waals surface area contributed by atoms with Crippen LogP contribution in [0.1, 0.15) is 31.4 Å². The average molecular weight is 510 g/mol. The van der Waals surface area contributed by atoms with Gasteiger partial charge in [0.15, 0.2) is 0 Å². The van der Waals surface area contributed by atoms with Crippen molar-refractivity contribution in [2.24, 2.45) is 0 Å². The van der Waals surface area contributed by atoms with Crippen LogP contribution in [0.5, 0.6) is 0 Å². The van der Waals surface area contributed by atoms with E-state index in [0.717, 1.165) is 16.0 Å². The second-order valence-electron chi connectivity index (χ2n) is 9.13. The van der Waals surface area contributed by atoms with Gasteiger partial charge in [0.1, 0.15) is 18.7 Å². The molecule has 0 radical (unpaired) electrons. The highest BCUT2D eigenvalue weighted by Crippen LogP contribution is 2.16. The number of amides is 2. The van der Waals surface area contributed by atoms with Crippen LogP contribution in [0.15, 0.2) is 60.7 Å². The Bertz CT molecular complexity index is 1060. The summed E-state index contributed by atoms with van der Waals surface area (Å²) in [6, 6.07) is 16.1. The van der Waals surface area contributed by atoms with Crippen molar-refractivity contribution in [3.8, 4) is 0 Å². The predicted octanol–water partition coefficient (Wildman–Crippen LogP) is 1.94. The number of rotatable bonds is 11. The van der Waals surface area contributed by atoms with Crippen molar-refractivity contribution < 1.29 is 28.7 Å². The number of ether oxygens (including phenoxy) is 2. The zero-order valence-corrected chi connectivity index (χ0v) is 21.6. The normalized spacial score (nSPS) is 17.6. The molecule has 0 aliphatic carbocycles. The van der Waals surface area contributed by atoms with Gasteiger partial charge in [-0.3, -0.25) is 29.5 Å². The molecule has 3 atom stereocenters. The number of esters is 2. The molecule has 2 aromatic rings. The molecule has 37 heavy (non-hydrogen) atoms. The lowest BCUT2D eigenvalue weighted by atomic mass is 10.0. The summed E-state index contributed by atoms with van der Waals surface area (Å²) in [6.07, 6.45) is 1.000. The van der Waals surface area contributed by atoms with Crippen molar-refractivity contribution in [3.63, 3.8) is 0 Å². The van der Waals surface area contributed by atoms with E-state index in [9.17, 15) is 19.2 Å². The molecule has 1 aliphatic heterocycles. The third kappa shape index (κ3) is 7.96. The Morgan fingerprint density at radius 3 is 2.24 bits per heavy atom. The molecule has 0 spiro atoms. The monoisotopic (exact) mass is 509 g/mol. The van der Waals surface area contributed by atoms with Gasteiger partial charge in [-0.05, 0) is 44.9 Å². The maximum atomic E-state index is 13.5. The molecule has 198 valence electrons. The van der Waals surface area contributed by atoms with Gasteiger partial charge in [0, 0.05) is 6.54 Å². The van der Waals surface area contributed by atoms with Crippen molar-refractivity contribution in [1.29, 1.82) is 0 Å². The van der Waals surface area contributed by atoms with Crippen LogP contribution in [0.4, 0.5) is 0 Å². The van der Waals surface area contributed by atoms with Crippen molar-refractivity contribution in [2.75, 3.05) is 26.7 Å². The number of likely N-dealkylation sites (N-methyl/N-ethyl adjacent to an activating group) is 1. The Morgan fingerprint density at radius 2 is 1.62 bits per heavy atom. The molecule has 1 heterocycles. The molecule has 1 saturated heterocycles. The lowest BCUT2D eigenvalue weighted by molar-refractivity contribution is -0.167. The van der Waals surface area contributed by atoms with Crippen LogP contribution in [0, 0.1) is 0 Å². The summed E-state index contributed by atoms with van der Waals surface area (Å²) in [5.41, 5.74) is 1.85. The lowest BCUT2D eigenvalue weighted by Crippen LogP contribution is -2.64. The molecular formula is C28H35N3O6. The maximum Gasteiger partial charge on any atom is 0.331 e. The minimum absolute atomic E-state index is 0.00373. The lowest BCUT2D eigenvalue weighted by Gasteiger charge is -2.38. The number of imide groups is 1. The molecule has 9 nitrogen and oxygen atoms in total. The minimum Gasteiger partial charge on any atom is -0.465 e. The van der Waals surface area contributed by atoms with Crippen LogP contribution in [0.25, 0.3) is 0 Å². The molecule has 2 amide bonds. The highest BCUT2D eigenvalue weighted by Gasteiger charge is 2.42. The summed E-state index contributed by atoms with van der Waals surface area (Å²) in [6.45, 7) is 3.69. The van der Waals surface area contributed by atoms with E-state index in [2.05, 4.69) is 5.32 Å². The van der Waals surface area contributed by atoms with E-state index in [-0.39, 0.29) is 26.3 Å². The van der Waals surface area contributed by atoms with Gasteiger partial charge in [0.2, 0.25) is 11.8 Å². The molecule has 9 heteroatoms. The van der Waals surface area contributed by atoms with Gasteiger partial charge in [-0.2, -0.15) is 0 Å². The van der Waals surface area contributed by atoms with Gasteiger partial charge in [-0.1, -0.05) is 60.7 Å². The predicted molar refractivity (Wildman–Crippen MR) is 137 cm³/mol. The topological polar surface area (TPSA) is 105 Å². The van der Waals surface area contributed by atoms with E-state index < -0.39 is 41.9 Å². The third-order valence-electron chi connectivity index (χ3n) is 6.16. The van der Waals surface area contributed by atoms with Crippen molar-refractivity contribution in [3.05, 3.63) is 71.8 Å². The first-order valence-electron chi connectivity index (χ1n) is 12.5. The summed E-state index contributed by atoms with van der Waals surface area (Å²) < 4.78 is 10.7. The molecule has 1 fully saturated rings. The van der Waals surface area contributed by atoms with Crippen LogP contribution >= 0.6 is 0 Å². The van der Waals surface area contributed by atoms with Crippen LogP contribution in [0.2, 0.25) is 0 Å². The quantitative estimate of drug-likeness (QED) is 0.459. The molecule has 0 aromatic heterocycles. The second-order valence-corrected chi connectivity index (χ2v) is 9.13. The van der Waals surface area contributed by atoms with Crippen LogP contribution in [0.3, 0.4) is 0 Å². The third-order valence-corrected chi connectivity index (χ3v) is 6.16. The molecule has 0 saturated carbocycles. The largest absolute Gasteiger partial charge is 0.465 e. The molecule has 3 unspecified atom stereocenters. The fourth-order valence-corrected chi connectivity index (χ4v) is 4.25. The first-order valence-corrected chi connectivity index (χ1v) is 12.5. The first-order chi connectivity index (χ1) is 17.8. The second kappa shape index (κ2) is 13.7. The van der Waals surface area contributed by atoms with Gasteiger partial charge in [0.25, 0.3) is 0 Å². The number of nitrogens with zero attached hydrogens (tertiary/aromatic N) is 2. The number of hydrogen-bond acceptors (Lipinski definition) is 8. The fourth-order valence-electron chi connectivity index (χ4n) is 4.25. The molecule has 0 bridgehead atoms. The Labute approximate surface area is 217 Å². The highest BCUT2D eigenvalue weighted by atomic mass is 16.5. The molecule has 1 N–H and O–H groups in total. The number of hydrogen-bond donors (Lipinski definition) is 1. The molecular weight excluding hydrogens is 474 g/mol. The first kappa shape index (κ1) is 28.0. The fraction of sp³-hybridized carbons (Fsp3) is 0.429. The molecule has 3 rings (SSSR count). The number of nitrogens with one attached hydrogen (secondary N) is 1. The van der Waals surface area contributed by atoms with E-state index in [1.54, 1.807) is 25.8 Å². The minimum atomic E-state index is -1.09. The Balaban J connectivity index is 1.70. The van der Waals surface area contributed by atoms with E-state index >= 15 is 0 Å². The van der Waals surface area contributed by atoms with E-state index in [4.69, 9.17) is 9.47 Å². The van der Waals surface area contributed by atoms with E-state index in [1.165, 1.54) is 0 Å². The molecule has 1 aliphatic rings. The van der Waals surface area contributed by atoms with E-state index in [1.807, 2.05) is 60.7 Å². The van der Waals surface area contributed by atoms with Gasteiger partial charge in [0.05, 0.1) is 19.2 Å². The summed E-state index contributed by atoms with van der Waals surface area (Å²) >= 11 is 0. The van der Waals surface area contributed by atoms with Crippen LogP contribution in [-0.2, 0) is 41.7 Å². The van der Waals surface area contributed by atoms with Crippen LogP contribution in [-0.4, -0.2) is 78.4 Å². The van der Waals surface area contributed by atoms with Crippen molar-refractivity contribution in [1.82, 2.24) is 15.1 Å². The van der Waals surface area contributed by atoms with Crippen LogP contribution < -0.4 is 5.32 Å². The van der Waals surface area contributed by atoms with E-state index in [0.29, 0.717) is 12.8 Å². The average Bonchev–Trinajstić information content (AvgIpc) is 2.90. The summed E-state index contributed by atoms with van der Waals surface area (Å²) in [4.78, 5) is 54.7. The summed E-state index contributed by atoms with van der Waals surface area (Å²) in [7, 11) is 1.71. The Hall–Kier alpha value is -3.56. The summed E-state index contributed by atoms with van der Waals surface area (Å²) in [5.74, 6) is -2.21. The van der Waals surface area contributed by atoms with Gasteiger partial charge >= 0.3 is 11.9 Å². The maximum absolute atomic E-state index is 13.5. The Kier molecular flexibility index (Phi) is 10.3. The van der Waals surface area contributed by atoms with Gasteiger partial charge in [-0.25, -0.2) is 4.79 Å². The number of aryl methyl sites for hydroxylation is 1.